The standard InChI is InChI=1S/C9H12FN5O2/c10-5(3-16)1-2-15-4-12-7-6(15)8(17)14-9(11)13-7/h4-5,16H,1-3H2,(H3,11,13,14,17). The fourth-order valence-electron chi connectivity index (χ4n) is 1.54. The maximum Gasteiger partial charge on any atom is 0.278 e. The average molecular weight is 241 g/mol. The van der Waals surface area contributed by atoms with Gasteiger partial charge in [-0.25, -0.2) is 9.37 Å². The van der Waals surface area contributed by atoms with Crippen molar-refractivity contribution in [1.82, 2.24) is 19.5 Å². The summed E-state index contributed by atoms with van der Waals surface area (Å²) < 4.78 is 14.4. The molecule has 92 valence electrons. The Morgan fingerprint density at radius 2 is 2.41 bits per heavy atom. The lowest BCUT2D eigenvalue weighted by atomic mass is 10.3. The molecule has 0 radical (unpaired) electrons. The molecule has 0 spiro atoms. The zero-order valence-corrected chi connectivity index (χ0v) is 8.93. The molecule has 0 aliphatic heterocycles. The van der Waals surface area contributed by atoms with Gasteiger partial charge in [-0.05, 0) is 6.42 Å². The van der Waals surface area contributed by atoms with Crippen LogP contribution in [0, 0.1) is 0 Å². The second-order valence-corrected chi connectivity index (χ2v) is 3.63. The van der Waals surface area contributed by atoms with Crippen LogP contribution in [-0.4, -0.2) is 37.4 Å². The van der Waals surface area contributed by atoms with Crippen LogP contribution in [0.15, 0.2) is 11.1 Å². The number of nitrogen functional groups attached to an aromatic ring is 1. The molecule has 2 aromatic rings. The van der Waals surface area contributed by atoms with Crippen molar-refractivity contribution in [1.29, 1.82) is 0 Å². The molecule has 1 unspecified atom stereocenters. The molecule has 0 saturated heterocycles. The highest BCUT2D eigenvalue weighted by Crippen LogP contribution is 2.08. The Hall–Kier alpha value is -1.96. The predicted molar refractivity (Wildman–Crippen MR) is 59.2 cm³/mol. The quantitative estimate of drug-likeness (QED) is 0.663. The van der Waals surface area contributed by atoms with Gasteiger partial charge in [-0.15, -0.1) is 0 Å². The van der Waals surface area contributed by atoms with Crippen LogP contribution in [0.2, 0.25) is 0 Å². The second-order valence-electron chi connectivity index (χ2n) is 3.63. The van der Waals surface area contributed by atoms with Crippen molar-refractivity contribution in [3.8, 4) is 0 Å². The van der Waals surface area contributed by atoms with Crippen molar-refractivity contribution in [2.45, 2.75) is 19.1 Å². The highest BCUT2D eigenvalue weighted by molar-refractivity contribution is 5.70. The summed E-state index contributed by atoms with van der Waals surface area (Å²) in [5.41, 5.74) is 5.44. The third-order valence-corrected chi connectivity index (χ3v) is 2.38. The summed E-state index contributed by atoms with van der Waals surface area (Å²) in [6.45, 7) is -0.291. The summed E-state index contributed by atoms with van der Waals surface area (Å²) in [5.74, 6) is -0.00789. The lowest BCUT2D eigenvalue weighted by Gasteiger charge is -2.05. The summed E-state index contributed by atoms with van der Waals surface area (Å²) in [7, 11) is 0. The summed E-state index contributed by atoms with van der Waals surface area (Å²) in [6.07, 6.45) is 0.190. The number of nitrogens with zero attached hydrogens (tertiary/aromatic N) is 3. The number of aromatic amines is 1. The zero-order valence-electron chi connectivity index (χ0n) is 8.93. The number of aliphatic hydroxyl groups is 1. The van der Waals surface area contributed by atoms with E-state index < -0.39 is 18.3 Å². The molecule has 4 N–H and O–H groups in total. The Kier molecular flexibility index (Phi) is 3.05. The van der Waals surface area contributed by atoms with Gasteiger partial charge < -0.3 is 15.4 Å². The number of fused-ring (bicyclic) bond motifs is 1. The number of nitrogens with two attached hydrogens (primary N) is 1. The minimum atomic E-state index is -1.31. The number of anilines is 1. The predicted octanol–water partition coefficient (Wildman–Crippen LogP) is -0.578. The monoisotopic (exact) mass is 241 g/mol. The molecule has 8 heteroatoms. The Morgan fingerprint density at radius 3 is 3.12 bits per heavy atom. The minimum Gasteiger partial charge on any atom is -0.393 e. The van der Waals surface area contributed by atoms with E-state index >= 15 is 0 Å². The third-order valence-electron chi connectivity index (χ3n) is 2.38. The molecule has 0 aliphatic carbocycles. The summed E-state index contributed by atoms with van der Waals surface area (Å²) in [6, 6.07) is 0. The first-order valence-corrected chi connectivity index (χ1v) is 5.07. The number of halogens is 1. The average Bonchev–Trinajstić information content (AvgIpc) is 2.69. The number of H-pyrrole nitrogens is 1. The lowest BCUT2D eigenvalue weighted by molar-refractivity contribution is 0.166. The number of nitrogens with one attached hydrogen (secondary N) is 1. The van der Waals surface area contributed by atoms with Gasteiger partial charge in [0.25, 0.3) is 5.56 Å². The first kappa shape index (κ1) is 11.5. The second kappa shape index (κ2) is 4.50. The Balaban J connectivity index is 2.33. The molecular weight excluding hydrogens is 229 g/mol. The van der Waals surface area contributed by atoms with E-state index in [-0.39, 0.29) is 30.1 Å². The van der Waals surface area contributed by atoms with E-state index in [2.05, 4.69) is 15.0 Å². The molecular formula is C9H12FN5O2. The molecule has 2 rings (SSSR count). The van der Waals surface area contributed by atoms with Gasteiger partial charge in [-0.3, -0.25) is 9.78 Å². The van der Waals surface area contributed by atoms with Crippen LogP contribution in [0.25, 0.3) is 11.2 Å². The molecule has 2 aromatic heterocycles. The van der Waals surface area contributed by atoms with Crippen LogP contribution in [0.4, 0.5) is 10.3 Å². The van der Waals surface area contributed by atoms with Gasteiger partial charge in [-0.1, -0.05) is 0 Å². The highest BCUT2D eigenvalue weighted by atomic mass is 19.1. The normalized spacial score (nSPS) is 13.1. The fraction of sp³-hybridized carbons (Fsp3) is 0.444. The van der Waals surface area contributed by atoms with Crippen LogP contribution in [0.5, 0.6) is 0 Å². The Bertz CT molecular complexity index is 578. The number of aliphatic hydroxyl groups excluding tert-OH is 1. The number of imidazole rings is 1. The van der Waals surface area contributed by atoms with E-state index in [1.54, 1.807) is 0 Å². The summed E-state index contributed by atoms with van der Waals surface area (Å²) >= 11 is 0. The van der Waals surface area contributed by atoms with Gasteiger partial charge in [-0.2, -0.15) is 4.98 Å². The third kappa shape index (κ3) is 2.26. The molecule has 2 heterocycles. The maximum absolute atomic E-state index is 12.9. The first-order chi connectivity index (χ1) is 8.11. The molecule has 0 aliphatic rings. The number of hydrogen-bond donors (Lipinski definition) is 3. The van der Waals surface area contributed by atoms with Gasteiger partial charge in [0.1, 0.15) is 6.17 Å². The van der Waals surface area contributed by atoms with Gasteiger partial charge in [0, 0.05) is 6.54 Å². The topological polar surface area (TPSA) is 110 Å². The van der Waals surface area contributed by atoms with Crippen LogP contribution in [0.3, 0.4) is 0 Å². The number of aromatic nitrogens is 4. The largest absolute Gasteiger partial charge is 0.393 e. The molecule has 0 saturated carbocycles. The number of alkyl halides is 1. The summed E-state index contributed by atoms with van der Waals surface area (Å²) in [5, 5.41) is 8.57. The molecule has 0 fully saturated rings. The van der Waals surface area contributed by atoms with Crippen molar-refractivity contribution in [3.05, 3.63) is 16.7 Å². The Labute approximate surface area is 95.1 Å². The molecule has 7 nitrogen and oxygen atoms in total. The maximum atomic E-state index is 12.9. The van der Waals surface area contributed by atoms with Crippen LogP contribution >= 0.6 is 0 Å². The van der Waals surface area contributed by atoms with Gasteiger partial charge in [0.05, 0.1) is 12.9 Å². The van der Waals surface area contributed by atoms with E-state index in [1.165, 1.54) is 10.9 Å². The van der Waals surface area contributed by atoms with Gasteiger partial charge in [0.2, 0.25) is 5.95 Å². The van der Waals surface area contributed by atoms with E-state index in [0.717, 1.165) is 0 Å². The molecule has 1 atom stereocenters. The molecule has 0 bridgehead atoms. The lowest BCUT2D eigenvalue weighted by Crippen LogP contribution is -2.16. The fourth-order valence-corrected chi connectivity index (χ4v) is 1.54. The highest BCUT2D eigenvalue weighted by Gasteiger charge is 2.11. The van der Waals surface area contributed by atoms with E-state index in [9.17, 15) is 9.18 Å². The van der Waals surface area contributed by atoms with Crippen molar-refractivity contribution in [3.63, 3.8) is 0 Å². The first-order valence-electron chi connectivity index (χ1n) is 5.07. The van der Waals surface area contributed by atoms with Crippen LogP contribution in [0.1, 0.15) is 6.42 Å². The van der Waals surface area contributed by atoms with Crippen molar-refractivity contribution in [2.24, 2.45) is 0 Å². The van der Waals surface area contributed by atoms with E-state index in [1.807, 2.05) is 0 Å². The van der Waals surface area contributed by atoms with Gasteiger partial charge >= 0.3 is 0 Å². The number of rotatable bonds is 4. The minimum absolute atomic E-state index is 0.00789. The molecule has 0 aromatic carbocycles. The van der Waals surface area contributed by atoms with Crippen molar-refractivity contribution >= 4 is 17.1 Å². The molecule has 0 amide bonds. The van der Waals surface area contributed by atoms with E-state index in [0.29, 0.717) is 0 Å². The smallest absolute Gasteiger partial charge is 0.278 e. The SMILES string of the molecule is Nc1nc2ncn(CCC(F)CO)c2c(=O)[nH]1. The van der Waals surface area contributed by atoms with Crippen LogP contribution in [-0.2, 0) is 6.54 Å². The summed E-state index contributed by atoms with van der Waals surface area (Å²) in [4.78, 5) is 21.7. The Morgan fingerprint density at radius 1 is 1.65 bits per heavy atom. The van der Waals surface area contributed by atoms with E-state index in [4.69, 9.17) is 10.8 Å². The molecule has 17 heavy (non-hydrogen) atoms. The zero-order chi connectivity index (χ0) is 12.4. The number of hydrogen-bond acceptors (Lipinski definition) is 5. The van der Waals surface area contributed by atoms with Gasteiger partial charge in [0.15, 0.2) is 11.2 Å². The van der Waals surface area contributed by atoms with Crippen LogP contribution < -0.4 is 11.3 Å². The van der Waals surface area contributed by atoms with Crippen molar-refractivity contribution < 1.29 is 9.50 Å². The van der Waals surface area contributed by atoms with Crippen molar-refractivity contribution in [2.75, 3.05) is 12.3 Å². The number of aryl methyl sites for hydroxylation is 1.